The van der Waals surface area contributed by atoms with E-state index in [-0.39, 0.29) is 37.6 Å². The van der Waals surface area contributed by atoms with Gasteiger partial charge in [0.05, 0.1) is 6.54 Å². The minimum Gasteiger partial charge on any atom is -0.492 e. The first-order valence-electron chi connectivity index (χ1n) is 14.6. The number of ether oxygens (including phenoxy) is 1. The molecule has 44 heavy (non-hydrogen) atoms. The van der Waals surface area contributed by atoms with Crippen molar-refractivity contribution in [3.05, 3.63) is 89.7 Å². The first kappa shape index (κ1) is 30.3. The summed E-state index contributed by atoms with van der Waals surface area (Å²) in [4.78, 5) is 69.0. The van der Waals surface area contributed by atoms with Gasteiger partial charge < -0.3 is 36.3 Å². The number of hydrogen-bond donors (Lipinski definition) is 6. The normalized spacial score (nSPS) is 22.5. The van der Waals surface area contributed by atoms with Gasteiger partial charge in [-0.15, -0.1) is 0 Å². The van der Waals surface area contributed by atoms with Crippen LogP contribution in [0.5, 0.6) is 5.75 Å². The molecule has 3 aromatic rings. The monoisotopic (exact) mass is 600 g/mol. The van der Waals surface area contributed by atoms with Crippen LogP contribution in [0.4, 0.5) is 0 Å². The Balaban J connectivity index is 1.38. The summed E-state index contributed by atoms with van der Waals surface area (Å²) in [6.45, 7) is 1.94. The van der Waals surface area contributed by atoms with Crippen molar-refractivity contribution in [3.63, 3.8) is 0 Å². The summed E-state index contributed by atoms with van der Waals surface area (Å²) in [5.74, 6) is -1.88. The maximum atomic E-state index is 13.5. The quantitative estimate of drug-likeness (QED) is 0.241. The lowest BCUT2D eigenvalue weighted by atomic mass is 10.0. The Bertz CT molecular complexity index is 1490. The number of aromatic amines is 1. The molecule has 0 unspecified atom stereocenters. The lowest BCUT2D eigenvalue weighted by Crippen LogP contribution is -2.59. The molecule has 1 spiro atoms. The van der Waals surface area contributed by atoms with Gasteiger partial charge in [-0.2, -0.15) is 0 Å². The van der Waals surface area contributed by atoms with Crippen molar-refractivity contribution in [2.24, 2.45) is 0 Å². The first-order chi connectivity index (χ1) is 21.2. The molecular formula is C32H36N6O6. The molecule has 1 fully saturated rings. The average Bonchev–Trinajstić information content (AvgIpc) is 3.58. The number of carbonyl (C=O) groups excluding carboxylic acids is 5. The number of rotatable bonds is 4. The number of H-pyrrole nitrogens is 1. The summed E-state index contributed by atoms with van der Waals surface area (Å²) in [7, 11) is 0. The summed E-state index contributed by atoms with van der Waals surface area (Å²) < 4.78 is 5.77. The molecule has 6 N–H and O–H groups in total. The zero-order valence-corrected chi connectivity index (χ0v) is 24.4. The Hall–Kier alpha value is -5.13. The van der Waals surface area contributed by atoms with Gasteiger partial charge in [0, 0.05) is 19.0 Å². The van der Waals surface area contributed by atoms with Crippen molar-refractivity contribution in [1.29, 1.82) is 0 Å². The molecule has 3 heterocycles. The van der Waals surface area contributed by atoms with Crippen LogP contribution in [0.3, 0.4) is 0 Å². The SMILES string of the molecule is C[C@@H]1NC(=O)[C@@H](NC(=O)c2ccc[nH]2)Cc2ccc(cc2)OCCNC(=O)C2(CC2)NC(=O)[C@@H](Cc2ccccc2)NC1=O. The van der Waals surface area contributed by atoms with Crippen molar-refractivity contribution in [2.75, 3.05) is 13.2 Å². The Morgan fingerprint density at radius 2 is 1.66 bits per heavy atom. The van der Waals surface area contributed by atoms with E-state index in [1.807, 2.05) is 30.3 Å². The standard InChI is InChI=1S/C32H36N6O6/c1-20-27(39)36-26(18-21-6-3-2-4-7-21)30(42)38-32(13-14-32)31(43)34-16-17-44-23-11-9-22(10-12-23)19-25(29(41)35-20)37-28(40)24-8-5-15-33-24/h2-12,15,20,25-26,33H,13-14,16-19H2,1H3,(H,34,43)(H,35,41)(H,36,39)(H,37,40)(H,38,42)/t20-,25-,26+/m0/s1. The number of hydrogen-bond acceptors (Lipinski definition) is 6. The van der Waals surface area contributed by atoms with Crippen molar-refractivity contribution in [2.45, 2.75) is 56.3 Å². The van der Waals surface area contributed by atoms with Gasteiger partial charge in [0.2, 0.25) is 23.6 Å². The third kappa shape index (κ3) is 7.63. The molecule has 0 saturated heterocycles. The van der Waals surface area contributed by atoms with E-state index in [1.165, 1.54) is 6.92 Å². The van der Waals surface area contributed by atoms with E-state index in [1.54, 1.807) is 42.6 Å². The second-order valence-corrected chi connectivity index (χ2v) is 11.1. The second-order valence-electron chi connectivity index (χ2n) is 11.1. The minimum atomic E-state index is -1.05. The maximum absolute atomic E-state index is 13.5. The molecule has 1 aliphatic carbocycles. The van der Waals surface area contributed by atoms with E-state index >= 15 is 0 Å². The van der Waals surface area contributed by atoms with E-state index in [0.29, 0.717) is 18.6 Å². The van der Waals surface area contributed by atoms with Gasteiger partial charge in [-0.05, 0) is 55.2 Å². The van der Waals surface area contributed by atoms with E-state index in [4.69, 9.17) is 4.74 Å². The second kappa shape index (κ2) is 13.4. The Kier molecular flexibility index (Phi) is 9.27. The number of carbonyl (C=O) groups is 5. The van der Waals surface area contributed by atoms with Crippen LogP contribution in [0, 0.1) is 0 Å². The zero-order chi connectivity index (χ0) is 31.1. The van der Waals surface area contributed by atoms with Crippen molar-refractivity contribution < 1.29 is 28.7 Å². The fraction of sp³-hybridized carbons (Fsp3) is 0.344. The summed E-state index contributed by atoms with van der Waals surface area (Å²) >= 11 is 0. The summed E-state index contributed by atoms with van der Waals surface area (Å²) in [6.07, 6.45) is 2.87. The highest BCUT2D eigenvalue weighted by Crippen LogP contribution is 2.35. The molecule has 3 aliphatic rings. The highest BCUT2D eigenvalue weighted by molar-refractivity contribution is 5.99. The Morgan fingerprint density at radius 1 is 0.909 bits per heavy atom. The molecule has 1 saturated carbocycles. The van der Waals surface area contributed by atoms with Crippen molar-refractivity contribution in [1.82, 2.24) is 31.6 Å². The number of amides is 5. The Labute approximate surface area is 254 Å². The number of benzene rings is 2. The van der Waals surface area contributed by atoms with Gasteiger partial charge in [-0.3, -0.25) is 24.0 Å². The molecule has 0 radical (unpaired) electrons. The lowest BCUT2D eigenvalue weighted by molar-refractivity contribution is -0.134. The molecule has 2 aliphatic heterocycles. The van der Waals surface area contributed by atoms with E-state index < -0.39 is 47.3 Å². The van der Waals surface area contributed by atoms with Crippen LogP contribution in [0.25, 0.3) is 0 Å². The molecular weight excluding hydrogens is 564 g/mol. The van der Waals surface area contributed by atoms with Crippen LogP contribution < -0.4 is 31.3 Å². The summed E-state index contributed by atoms with van der Waals surface area (Å²) in [5, 5.41) is 13.9. The van der Waals surface area contributed by atoms with Gasteiger partial charge in [0.1, 0.15) is 41.7 Å². The fourth-order valence-corrected chi connectivity index (χ4v) is 4.97. The van der Waals surface area contributed by atoms with Crippen LogP contribution in [-0.4, -0.2) is 71.3 Å². The zero-order valence-electron chi connectivity index (χ0n) is 24.4. The highest BCUT2D eigenvalue weighted by atomic mass is 16.5. The number of nitrogens with one attached hydrogen (secondary N) is 6. The third-order valence-corrected chi connectivity index (χ3v) is 7.70. The third-order valence-electron chi connectivity index (χ3n) is 7.70. The van der Waals surface area contributed by atoms with Gasteiger partial charge in [0.25, 0.3) is 5.91 Å². The highest BCUT2D eigenvalue weighted by Gasteiger charge is 2.51. The molecule has 2 aromatic carbocycles. The predicted molar refractivity (Wildman–Crippen MR) is 160 cm³/mol. The predicted octanol–water partition coefficient (Wildman–Crippen LogP) is 0.745. The molecule has 12 heteroatoms. The number of aromatic nitrogens is 1. The van der Waals surface area contributed by atoms with Crippen molar-refractivity contribution in [3.8, 4) is 5.75 Å². The molecule has 2 bridgehead atoms. The fourth-order valence-electron chi connectivity index (χ4n) is 4.97. The molecule has 12 nitrogen and oxygen atoms in total. The maximum Gasteiger partial charge on any atom is 0.268 e. The van der Waals surface area contributed by atoms with Crippen LogP contribution in [-0.2, 0) is 32.0 Å². The van der Waals surface area contributed by atoms with Crippen LogP contribution >= 0.6 is 0 Å². The summed E-state index contributed by atoms with van der Waals surface area (Å²) in [6, 6.07) is 16.4. The molecule has 5 amide bonds. The van der Waals surface area contributed by atoms with Gasteiger partial charge in [-0.25, -0.2) is 0 Å². The number of fused-ring (bicyclic) bond motifs is 15. The topological polar surface area (TPSA) is 171 Å². The van der Waals surface area contributed by atoms with Gasteiger partial charge in [0.15, 0.2) is 0 Å². The minimum absolute atomic E-state index is 0.143. The molecule has 1 aromatic heterocycles. The molecule has 3 atom stereocenters. The van der Waals surface area contributed by atoms with E-state index in [2.05, 4.69) is 31.6 Å². The molecule has 230 valence electrons. The average molecular weight is 601 g/mol. The molecule has 6 rings (SSSR count). The summed E-state index contributed by atoms with van der Waals surface area (Å²) in [5.41, 5.74) is 0.792. The largest absolute Gasteiger partial charge is 0.492 e. The lowest BCUT2D eigenvalue weighted by Gasteiger charge is -2.25. The first-order valence-corrected chi connectivity index (χ1v) is 14.6. The smallest absolute Gasteiger partial charge is 0.268 e. The van der Waals surface area contributed by atoms with Crippen LogP contribution in [0.15, 0.2) is 72.9 Å². The van der Waals surface area contributed by atoms with Gasteiger partial charge in [-0.1, -0.05) is 42.5 Å². The van der Waals surface area contributed by atoms with Crippen LogP contribution in [0.2, 0.25) is 0 Å². The van der Waals surface area contributed by atoms with Gasteiger partial charge >= 0.3 is 0 Å². The van der Waals surface area contributed by atoms with E-state index in [9.17, 15) is 24.0 Å². The Morgan fingerprint density at radius 3 is 2.34 bits per heavy atom. The van der Waals surface area contributed by atoms with E-state index in [0.717, 1.165) is 11.1 Å². The van der Waals surface area contributed by atoms with Crippen LogP contribution in [0.1, 0.15) is 41.4 Å². The van der Waals surface area contributed by atoms with Crippen molar-refractivity contribution >= 4 is 29.5 Å².